The number of aromatic nitrogens is 1. The number of nitrogens with zero attached hydrogens (tertiary/aromatic N) is 2. The molecule has 2 aromatic rings. The Morgan fingerprint density at radius 1 is 1.14 bits per heavy atom. The van der Waals surface area contributed by atoms with E-state index in [0.29, 0.717) is 0 Å². The Morgan fingerprint density at radius 2 is 1.90 bits per heavy atom. The highest BCUT2D eigenvalue weighted by atomic mass is 35.5. The smallest absolute Gasteiger partial charge is 0.0997 e. The molecule has 2 nitrogen and oxygen atoms in total. The number of fused-ring (bicyclic) bond motifs is 1. The van der Waals surface area contributed by atoms with E-state index < -0.39 is 0 Å². The Morgan fingerprint density at radius 3 is 2.67 bits per heavy atom. The topological polar surface area (TPSA) is 16.1 Å². The Balaban J connectivity index is 0.00000161. The lowest BCUT2D eigenvalue weighted by Gasteiger charge is -2.14. The minimum atomic E-state index is 0. The van der Waals surface area contributed by atoms with Crippen LogP contribution < -0.4 is 0 Å². The van der Waals surface area contributed by atoms with Crippen LogP contribution in [0.5, 0.6) is 0 Å². The van der Waals surface area contributed by atoms with Gasteiger partial charge < -0.3 is 4.90 Å². The van der Waals surface area contributed by atoms with Gasteiger partial charge in [0.05, 0.1) is 10.5 Å². The van der Waals surface area contributed by atoms with Crippen LogP contribution in [0.1, 0.15) is 24.0 Å². The minimum Gasteiger partial charge on any atom is -0.303 e. The maximum atomic E-state index is 4.84. The second kappa shape index (κ2) is 7.48. The van der Waals surface area contributed by atoms with Gasteiger partial charge in [-0.2, -0.15) is 0 Å². The van der Waals surface area contributed by atoms with Gasteiger partial charge in [-0.1, -0.05) is 12.1 Å². The predicted octanol–water partition coefficient (Wildman–Crippen LogP) is 4.46. The van der Waals surface area contributed by atoms with Gasteiger partial charge in [-0.3, -0.25) is 0 Å². The number of pyridine rings is 1. The van der Waals surface area contributed by atoms with Crippen molar-refractivity contribution >= 4 is 35.1 Å². The van der Waals surface area contributed by atoms with E-state index in [0.717, 1.165) is 11.3 Å². The highest BCUT2D eigenvalue weighted by Crippen LogP contribution is 2.25. The van der Waals surface area contributed by atoms with Crippen LogP contribution in [0.4, 0.5) is 0 Å². The second-order valence-corrected chi connectivity index (χ2v) is 6.79. The molecule has 0 spiro atoms. The molecule has 0 atom stereocenters. The van der Waals surface area contributed by atoms with Gasteiger partial charge in [-0.15, -0.1) is 24.2 Å². The fraction of sp³-hybridized carbons (Fsp3) is 0.471. The van der Waals surface area contributed by atoms with Gasteiger partial charge in [0.25, 0.3) is 0 Å². The predicted molar refractivity (Wildman–Crippen MR) is 94.9 cm³/mol. The van der Waals surface area contributed by atoms with E-state index in [1.54, 1.807) is 0 Å². The van der Waals surface area contributed by atoms with Crippen LogP contribution in [-0.4, -0.2) is 35.3 Å². The molecule has 1 aliphatic rings. The maximum absolute atomic E-state index is 4.84. The van der Waals surface area contributed by atoms with Crippen molar-refractivity contribution in [1.29, 1.82) is 0 Å². The van der Waals surface area contributed by atoms with Crippen molar-refractivity contribution < 1.29 is 0 Å². The van der Waals surface area contributed by atoms with Crippen LogP contribution in [0.2, 0.25) is 0 Å². The molecule has 1 saturated heterocycles. The quantitative estimate of drug-likeness (QED) is 0.773. The average Bonchev–Trinajstić information content (AvgIpc) is 2.93. The summed E-state index contributed by atoms with van der Waals surface area (Å²) in [5, 5.41) is 2.44. The summed E-state index contributed by atoms with van der Waals surface area (Å²) in [7, 11) is 0. The van der Waals surface area contributed by atoms with Gasteiger partial charge in [-0.25, -0.2) is 4.98 Å². The summed E-state index contributed by atoms with van der Waals surface area (Å²) < 4.78 is 0. The van der Waals surface area contributed by atoms with Crippen molar-refractivity contribution in [1.82, 2.24) is 9.88 Å². The zero-order valence-electron chi connectivity index (χ0n) is 12.8. The fourth-order valence-corrected chi connectivity index (χ4v) is 3.78. The molecule has 0 saturated carbocycles. The standard InChI is InChI=1S/C17H22N2S.ClH/c1-13-5-6-15-12-14(2)17(18-16(15)11-13)20-10-9-19-7-3-4-8-19;/h5-6,11-12H,3-4,7-10H2,1-2H3;1H. The number of benzene rings is 1. The third-order valence-electron chi connectivity index (χ3n) is 3.96. The number of likely N-dealkylation sites (tertiary alicyclic amines) is 1. The van der Waals surface area contributed by atoms with Crippen LogP contribution >= 0.6 is 24.2 Å². The van der Waals surface area contributed by atoms with Crippen LogP contribution in [0.15, 0.2) is 29.3 Å². The third-order valence-corrected chi connectivity index (χ3v) is 5.04. The van der Waals surface area contributed by atoms with E-state index in [-0.39, 0.29) is 12.4 Å². The Labute approximate surface area is 137 Å². The molecule has 114 valence electrons. The first-order valence-corrected chi connectivity index (χ1v) is 8.44. The Kier molecular flexibility index (Phi) is 5.91. The molecule has 1 aromatic heterocycles. The SMILES string of the molecule is Cc1ccc2cc(C)c(SCCN3CCCC3)nc2c1.Cl. The summed E-state index contributed by atoms with van der Waals surface area (Å²) in [4.78, 5) is 7.41. The molecular formula is C17H23ClN2S. The first-order chi connectivity index (χ1) is 9.72. The molecule has 1 aromatic carbocycles. The van der Waals surface area contributed by atoms with Crippen molar-refractivity contribution in [3.05, 3.63) is 35.4 Å². The molecular weight excluding hydrogens is 300 g/mol. The lowest BCUT2D eigenvalue weighted by molar-refractivity contribution is 0.362. The van der Waals surface area contributed by atoms with Gasteiger partial charge in [0.1, 0.15) is 0 Å². The lowest BCUT2D eigenvalue weighted by atomic mass is 10.1. The molecule has 0 aliphatic carbocycles. The highest BCUT2D eigenvalue weighted by Gasteiger charge is 2.11. The van der Waals surface area contributed by atoms with E-state index >= 15 is 0 Å². The highest BCUT2D eigenvalue weighted by molar-refractivity contribution is 7.99. The van der Waals surface area contributed by atoms with Gasteiger partial charge >= 0.3 is 0 Å². The van der Waals surface area contributed by atoms with Crippen molar-refractivity contribution in [2.45, 2.75) is 31.7 Å². The normalized spacial score (nSPS) is 15.3. The van der Waals surface area contributed by atoms with E-state index in [2.05, 4.69) is 43.0 Å². The maximum Gasteiger partial charge on any atom is 0.0997 e. The van der Waals surface area contributed by atoms with Crippen molar-refractivity contribution in [2.24, 2.45) is 0 Å². The average molecular weight is 323 g/mol. The monoisotopic (exact) mass is 322 g/mol. The number of hydrogen-bond acceptors (Lipinski definition) is 3. The van der Waals surface area contributed by atoms with Crippen molar-refractivity contribution in [3.63, 3.8) is 0 Å². The Bertz CT molecular complexity index is 609. The van der Waals surface area contributed by atoms with Crippen LogP contribution in [0, 0.1) is 13.8 Å². The molecule has 0 radical (unpaired) electrons. The first kappa shape index (κ1) is 16.6. The number of thioether (sulfide) groups is 1. The van der Waals surface area contributed by atoms with Crippen LogP contribution in [0.25, 0.3) is 10.9 Å². The zero-order chi connectivity index (χ0) is 13.9. The molecule has 1 fully saturated rings. The molecule has 0 amide bonds. The van der Waals surface area contributed by atoms with Crippen LogP contribution in [-0.2, 0) is 0 Å². The summed E-state index contributed by atoms with van der Waals surface area (Å²) in [5.74, 6) is 1.14. The van der Waals surface area contributed by atoms with E-state index in [1.807, 2.05) is 11.8 Å². The molecule has 1 aliphatic heterocycles. The van der Waals surface area contributed by atoms with Crippen LogP contribution in [0.3, 0.4) is 0 Å². The summed E-state index contributed by atoms with van der Waals surface area (Å²) in [6.45, 7) is 8.05. The van der Waals surface area contributed by atoms with E-state index in [1.165, 1.54) is 54.0 Å². The zero-order valence-corrected chi connectivity index (χ0v) is 14.4. The van der Waals surface area contributed by atoms with E-state index in [9.17, 15) is 0 Å². The summed E-state index contributed by atoms with van der Waals surface area (Å²) in [6, 6.07) is 8.77. The fourth-order valence-electron chi connectivity index (χ4n) is 2.79. The third kappa shape index (κ3) is 4.12. The van der Waals surface area contributed by atoms with Crippen molar-refractivity contribution in [3.8, 4) is 0 Å². The minimum absolute atomic E-state index is 0. The second-order valence-electron chi connectivity index (χ2n) is 5.70. The molecule has 21 heavy (non-hydrogen) atoms. The lowest BCUT2D eigenvalue weighted by Crippen LogP contribution is -2.21. The number of hydrogen-bond donors (Lipinski definition) is 0. The molecule has 0 N–H and O–H groups in total. The van der Waals surface area contributed by atoms with Gasteiger partial charge in [-0.05, 0) is 63.0 Å². The Hall–Kier alpha value is -0.770. The number of aryl methyl sites for hydroxylation is 2. The van der Waals surface area contributed by atoms with Crippen molar-refractivity contribution in [2.75, 3.05) is 25.4 Å². The van der Waals surface area contributed by atoms with Gasteiger partial charge in [0.2, 0.25) is 0 Å². The van der Waals surface area contributed by atoms with E-state index in [4.69, 9.17) is 4.98 Å². The molecule has 0 unspecified atom stereocenters. The summed E-state index contributed by atoms with van der Waals surface area (Å²) >= 11 is 1.90. The molecule has 3 rings (SSSR count). The molecule has 0 bridgehead atoms. The van der Waals surface area contributed by atoms with Gasteiger partial charge in [0, 0.05) is 17.7 Å². The number of rotatable bonds is 4. The molecule has 4 heteroatoms. The largest absolute Gasteiger partial charge is 0.303 e. The summed E-state index contributed by atoms with van der Waals surface area (Å²) in [6.07, 6.45) is 2.74. The molecule has 2 heterocycles. The van der Waals surface area contributed by atoms with Gasteiger partial charge in [0.15, 0.2) is 0 Å². The number of halogens is 1. The summed E-state index contributed by atoms with van der Waals surface area (Å²) in [5.41, 5.74) is 3.70. The first-order valence-electron chi connectivity index (χ1n) is 7.45.